The van der Waals surface area contributed by atoms with E-state index in [1.165, 1.54) is 0 Å². The van der Waals surface area contributed by atoms with Crippen molar-refractivity contribution in [1.29, 1.82) is 0 Å². The number of carbonyl (C=O) groups excluding carboxylic acids is 1. The Balaban J connectivity index is 1.89. The van der Waals surface area contributed by atoms with Crippen LogP contribution in [0.15, 0.2) is 35.8 Å². The van der Waals surface area contributed by atoms with E-state index in [2.05, 4.69) is 10.3 Å². The number of hydrogen-bond acceptors (Lipinski definition) is 4. The fraction of sp³-hybridized carbons (Fsp3) is 0.231. The highest BCUT2D eigenvalue weighted by Crippen LogP contribution is 2.13. The van der Waals surface area contributed by atoms with Crippen LogP contribution in [0.25, 0.3) is 0 Å². The molecular formula is C13H14N2O2S. The van der Waals surface area contributed by atoms with Gasteiger partial charge in [-0.2, -0.15) is 0 Å². The summed E-state index contributed by atoms with van der Waals surface area (Å²) in [5, 5.41) is 4.82. The van der Waals surface area contributed by atoms with Gasteiger partial charge in [-0.3, -0.25) is 4.79 Å². The number of nitrogens with zero attached hydrogens (tertiary/aromatic N) is 1. The smallest absolute Gasteiger partial charge is 0.225 e. The maximum absolute atomic E-state index is 11.7. The molecule has 0 saturated heterocycles. The Morgan fingerprint density at radius 1 is 1.44 bits per heavy atom. The molecule has 4 nitrogen and oxygen atoms in total. The number of thiophene rings is 1. The molecule has 0 saturated carbocycles. The number of rotatable bonds is 5. The lowest BCUT2D eigenvalue weighted by Gasteiger charge is -2.08. The summed E-state index contributed by atoms with van der Waals surface area (Å²) in [6.45, 7) is 0.432. The molecule has 2 aromatic rings. The first-order valence-electron chi connectivity index (χ1n) is 5.56. The van der Waals surface area contributed by atoms with Gasteiger partial charge in [0.2, 0.25) is 11.8 Å². The normalized spacial score (nSPS) is 10.1. The van der Waals surface area contributed by atoms with Gasteiger partial charge in [0, 0.05) is 23.2 Å². The van der Waals surface area contributed by atoms with Crippen molar-refractivity contribution >= 4 is 17.2 Å². The Kier molecular flexibility index (Phi) is 4.30. The number of pyridine rings is 1. The fourth-order valence-electron chi connectivity index (χ4n) is 1.57. The number of amides is 1. The zero-order valence-corrected chi connectivity index (χ0v) is 10.9. The third-order valence-corrected chi connectivity index (χ3v) is 3.31. The average molecular weight is 262 g/mol. The summed E-state index contributed by atoms with van der Waals surface area (Å²) in [7, 11) is 1.57. The fourth-order valence-corrected chi connectivity index (χ4v) is 2.27. The lowest BCUT2D eigenvalue weighted by atomic mass is 10.2. The van der Waals surface area contributed by atoms with Gasteiger partial charge in [0.1, 0.15) is 0 Å². The molecule has 1 amide bonds. The van der Waals surface area contributed by atoms with E-state index in [1.54, 1.807) is 24.6 Å². The van der Waals surface area contributed by atoms with E-state index >= 15 is 0 Å². The quantitative estimate of drug-likeness (QED) is 0.896. The lowest BCUT2D eigenvalue weighted by molar-refractivity contribution is -0.120. The first-order chi connectivity index (χ1) is 8.79. The summed E-state index contributed by atoms with van der Waals surface area (Å²) < 4.78 is 5.12. The minimum absolute atomic E-state index is 0.00311. The van der Waals surface area contributed by atoms with Crippen LogP contribution in [-0.2, 0) is 17.8 Å². The third-order valence-electron chi connectivity index (χ3n) is 2.43. The zero-order valence-electron chi connectivity index (χ0n) is 10.1. The molecular weight excluding hydrogens is 248 g/mol. The minimum Gasteiger partial charge on any atom is -0.481 e. The number of ether oxygens (including phenoxy) is 1. The van der Waals surface area contributed by atoms with Crippen molar-refractivity contribution < 1.29 is 9.53 Å². The van der Waals surface area contributed by atoms with E-state index < -0.39 is 0 Å². The lowest BCUT2D eigenvalue weighted by Crippen LogP contribution is -2.24. The second-order valence-electron chi connectivity index (χ2n) is 3.70. The van der Waals surface area contributed by atoms with Gasteiger partial charge in [0.25, 0.3) is 0 Å². The van der Waals surface area contributed by atoms with Crippen molar-refractivity contribution in [3.63, 3.8) is 0 Å². The van der Waals surface area contributed by atoms with Crippen LogP contribution in [0.3, 0.4) is 0 Å². The SMILES string of the molecule is COc1ncccc1CNC(=O)Cc1cccs1. The Morgan fingerprint density at radius 3 is 3.06 bits per heavy atom. The van der Waals surface area contributed by atoms with E-state index in [1.807, 2.05) is 29.6 Å². The van der Waals surface area contributed by atoms with Crippen LogP contribution >= 0.6 is 11.3 Å². The predicted molar refractivity (Wildman–Crippen MR) is 70.7 cm³/mol. The van der Waals surface area contributed by atoms with Gasteiger partial charge in [0.05, 0.1) is 13.5 Å². The van der Waals surface area contributed by atoms with Crippen LogP contribution in [0.1, 0.15) is 10.4 Å². The summed E-state index contributed by atoms with van der Waals surface area (Å²) in [4.78, 5) is 16.9. The first-order valence-corrected chi connectivity index (χ1v) is 6.44. The number of hydrogen-bond donors (Lipinski definition) is 1. The summed E-state index contributed by atoms with van der Waals surface area (Å²) in [6.07, 6.45) is 2.08. The number of carbonyl (C=O) groups is 1. The predicted octanol–water partition coefficient (Wildman–Crippen LogP) is 2.01. The highest BCUT2D eigenvalue weighted by molar-refractivity contribution is 7.10. The van der Waals surface area contributed by atoms with Gasteiger partial charge in [-0.25, -0.2) is 4.98 Å². The molecule has 0 aliphatic rings. The number of methoxy groups -OCH3 is 1. The molecule has 0 atom stereocenters. The van der Waals surface area contributed by atoms with E-state index in [4.69, 9.17) is 4.74 Å². The molecule has 2 aromatic heterocycles. The van der Waals surface area contributed by atoms with Crippen molar-refractivity contribution in [3.05, 3.63) is 46.3 Å². The minimum atomic E-state index is 0.00311. The highest BCUT2D eigenvalue weighted by atomic mass is 32.1. The molecule has 0 aromatic carbocycles. The standard InChI is InChI=1S/C13H14N2O2S/c1-17-13-10(4-2-6-14-13)9-15-12(16)8-11-5-3-7-18-11/h2-7H,8-9H2,1H3,(H,15,16). The van der Waals surface area contributed by atoms with E-state index in [0.29, 0.717) is 18.8 Å². The summed E-state index contributed by atoms with van der Waals surface area (Å²) in [5.41, 5.74) is 0.875. The topological polar surface area (TPSA) is 51.2 Å². The molecule has 2 heterocycles. The Hall–Kier alpha value is -1.88. The monoisotopic (exact) mass is 262 g/mol. The molecule has 94 valence electrons. The largest absolute Gasteiger partial charge is 0.481 e. The van der Waals surface area contributed by atoms with E-state index in [-0.39, 0.29) is 5.91 Å². The van der Waals surface area contributed by atoms with Gasteiger partial charge in [-0.1, -0.05) is 12.1 Å². The Bertz CT molecular complexity index is 511. The van der Waals surface area contributed by atoms with Gasteiger partial charge >= 0.3 is 0 Å². The number of nitrogens with one attached hydrogen (secondary N) is 1. The molecule has 0 fully saturated rings. The van der Waals surface area contributed by atoms with Crippen molar-refractivity contribution in [3.8, 4) is 5.88 Å². The second kappa shape index (κ2) is 6.16. The summed E-state index contributed by atoms with van der Waals surface area (Å²) in [6, 6.07) is 7.60. The Labute approximate surface area is 110 Å². The third kappa shape index (κ3) is 3.30. The molecule has 1 N–H and O–H groups in total. The summed E-state index contributed by atoms with van der Waals surface area (Å²) >= 11 is 1.58. The first kappa shape index (κ1) is 12.6. The van der Waals surface area contributed by atoms with Crippen LogP contribution in [0.4, 0.5) is 0 Å². The van der Waals surface area contributed by atoms with Crippen LogP contribution < -0.4 is 10.1 Å². The Morgan fingerprint density at radius 2 is 2.33 bits per heavy atom. The van der Waals surface area contributed by atoms with Gasteiger partial charge in [-0.15, -0.1) is 11.3 Å². The van der Waals surface area contributed by atoms with Crippen LogP contribution in [0.2, 0.25) is 0 Å². The van der Waals surface area contributed by atoms with Crippen molar-refractivity contribution in [1.82, 2.24) is 10.3 Å². The van der Waals surface area contributed by atoms with Gasteiger partial charge in [0.15, 0.2) is 0 Å². The molecule has 0 aliphatic carbocycles. The average Bonchev–Trinajstić information content (AvgIpc) is 2.89. The van der Waals surface area contributed by atoms with Crippen LogP contribution in [0.5, 0.6) is 5.88 Å². The molecule has 5 heteroatoms. The molecule has 0 unspecified atom stereocenters. The molecule has 0 aliphatic heterocycles. The second-order valence-corrected chi connectivity index (χ2v) is 4.74. The molecule has 18 heavy (non-hydrogen) atoms. The number of aromatic nitrogens is 1. The molecule has 0 spiro atoms. The molecule has 2 rings (SSSR count). The van der Waals surface area contributed by atoms with Crippen molar-refractivity contribution in [2.24, 2.45) is 0 Å². The van der Waals surface area contributed by atoms with E-state index in [9.17, 15) is 4.79 Å². The zero-order chi connectivity index (χ0) is 12.8. The van der Waals surface area contributed by atoms with E-state index in [0.717, 1.165) is 10.4 Å². The summed E-state index contributed by atoms with van der Waals surface area (Å²) in [5.74, 6) is 0.553. The van der Waals surface area contributed by atoms with Gasteiger partial charge < -0.3 is 10.1 Å². The molecule has 0 bridgehead atoms. The maximum atomic E-state index is 11.7. The molecule has 0 radical (unpaired) electrons. The van der Waals surface area contributed by atoms with Crippen LogP contribution in [-0.4, -0.2) is 18.0 Å². The maximum Gasteiger partial charge on any atom is 0.225 e. The van der Waals surface area contributed by atoms with Crippen molar-refractivity contribution in [2.45, 2.75) is 13.0 Å². The van der Waals surface area contributed by atoms with Crippen LogP contribution in [0, 0.1) is 0 Å². The van der Waals surface area contributed by atoms with Gasteiger partial charge in [-0.05, 0) is 17.5 Å². The van der Waals surface area contributed by atoms with Crippen molar-refractivity contribution in [2.75, 3.05) is 7.11 Å². The highest BCUT2D eigenvalue weighted by Gasteiger charge is 2.07.